The summed E-state index contributed by atoms with van der Waals surface area (Å²) in [5.41, 5.74) is 7.52. The lowest BCUT2D eigenvalue weighted by atomic mass is 10.2. The first-order valence-electron chi connectivity index (χ1n) is 6.48. The van der Waals surface area contributed by atoms with Gasteiger partial charge in [-0.15, -0.1) is 0 Å². The van der Waals surface area contributed by atoms with Crippen LogP contribution in [0.2, 0.25) is 0 Å². The number of nitrogens with two attached hydrogens (primary N) is 1. The number of aromatic nitrogens is 1. The van der Waals surface area contributed by atoms with E-state index in [1.807, 2.05) is 19.9 Å². The van der Waals surface area contributed by atoms with Crippen molar-refractivity contribution < 1.29 is 13.7 Å². The minimum atomic E-state index is -0.461. The fourth-order valence-corrected chi connectivity index (χ4v) is 1.73. The Labute approximate surface area is 116 Å². The molecular weight excluding hydrogens is 261 g/mol. The molecule has 0 amide bonds. The second-order valence-electron chi connectivity index (χ2n) is 4.51. The Morgan fingerprint density at radius 3 is 2.85 bits per heavy atom. The molecule has 0 bridgehead atoms. The van der Waals surface area contributed by atoms with Gasteiger partial charge in [-0.1, -0.05) is 12.1 Å². The quantitative estimate of drug-likeness (QED) is 0.795. The van der Waals surface area contributed by atoms with E-state index in [2.05, 4.69) is 10.5 Å². The van der Waals surface area contributed by atoms with Crippen molar-refractivity contribution in [3.05, 3.63) is 35.5 Å². The van der Waals surface area contributed by atoms with Gasteiger partial charge < -0.3 is 20.3 Å². The molecule has 2 rings (SSSR count). The molecule has 1 aromatic carbocycles. The topological polar surface area (TPSA) is 73.3 Å². The number of aryl methyl sites for hydroxylation is 1. The number of hydrogen-bond donors (Lipinski definition) is 2. The fourth-order valence-electron chi connectivity index (χ4n) is 1.73. The van der Waals surface area contributed by atoms with E-state index in [1.54, 1.807) is 6.07 Å². The Morgan fingerprint density at radius 1 is 1.40 bits per heavy atom. The highest BCUT2D eigenvalue weighted by Crippen LogP contribution is 2.28. The maximum atomic E-state index is 13.7. The molecule has 5 nitrogen and oxygen atoms in total. The van der Waals surface area contributed by atoms with Crippen LogP contribution in [-0.2, 0) is 6.54 Å². The summed E-state index contributed by atoms with van der Waals surface area (Å²) in [7, 11) is 0. The van der Waals surface area contributed by atoms with Crippen molar-refractivity contribution in [1.29, 1.82) is 0 Å². The number of hydrogen-bond acceptors (Lipinski definition) is 5. The average molecular weight is 279 g/mol. The van der Waals surface area contributed by atoms with Crippen LogP contribution < -0.4 is 15.8 Å². The summed E-state index contributed by atoms with van der Waals surface area (Å²) < 4.78 is 24.1. The zero-order valence-corrected chi connectivity index (χ0v) is 11.6. The third-order valence-electron chi connectivity index (χ3n) is 2.70. The molecule has 0 spiro atoms. The van der Waals surface area contributed by atoms with E-state index in [0.29, 0.717) is 30.3 Å². The van der Waals surface area contributed by atoms with Crippen LogP contribution in [-0.4, -0.2) is 11.8 Å². The number of halogens is 1. The number of nitrogens with one attached hydrogen (secondary N) is 1. The molecule has 0 aliphatic carbocycles. The van der Waals surface area contributed by atoms with Crippen LogP contribution in [0.15, 0.2) is 22.7 Å². The van der Waals surface area contributed by atoms with Crippen molar-refractivity contribution in [2.24, 2.45) is 0 Å². The Balaban J connectivity index is 2.09. The Morgan fingerprint density at radius 2 is 2.20 bits per heavy atom. The van der Waals surface area contributed by atoms with Gasteiger partial charge in [-0.2, -0.15) is 0 Å². The number of nitrogens with zero attached hydrogens (tertiary/aromatic N) is 1. The molecule has 0 fully saturated rings. The number of rotatable bonds is 6. The predicted molar refractivity (Wildman–Crippen MR) is 75.2 cm³/mol. The first kappa shape index (κ1) is 14.2. The number of ether oxygens (including phenoxy) is 1. The predicted octanol–water partition coefficient (Wildman–Crippen LogP) is 3.11. The van der Waals surface area contributed by atoms with E-state index in [0.717, 1.165) is 12.1 Å². The van der Waals surface area contributed by atoms with Crippen LogP contribution in [0.1, 0.15) is 24.8 Å². The molecule has 6 heteroatoms. The molecule has 0 saturated heterocycles. The van der Waals surface area contributed by atoms with Gasteiger partial charge in [-0.25, -0.2) is 4.39 Å². The van der Waals surface area contributed by atoms with E-state index in [-0.39, 0.29) is 5.75 Å². The SMILES string of the molecule is CCCOc1cc(NCc2cc(C)no2)c(N)cc1F. The van der Waals surface area contributed by atoms with Crippen LogP contribution in [0, 0.1) is 12.7 Å². The molecule has 0 aliphatic heterocycles. The van der Waals surface area contributed by atoms with Gasteiger partial charge in [-0.3, -0.25) is 0 Å². The molecule has 0 aliphatic rings. The van der Waals surface area contributed by atoms with E-state index >= 15 is 0 Å². The summed E-state index contributed by atoms with van der Waals surface area (Å²) in [6, 6.07) is 4.63. The molecule has 20 heavy (non-hydrogen) atoms. The van der Waals surface area contributed by atoms with E-state index in [4.69, 9.17) is 15.0 Å². The van der Waals surface area contributed by atoms with E-state index < -0.39 is 5.82 Å². The standard InChI is InChI=1S/C14H18FN3O2/c1-3-4-19-14-7-13(12(16)6-11(14)15)17-8-10-5-9(2)18-20-10/h5-7,17H,3-4,8,16H2,1-2H3. The minimum absolute atomic E-state index is 0.192. The van der Waals surface area contributed by atoms with Crippen LogP contribution >= 0.6 is 0 Å². The molecular formula is C14H18FN3O2. The van der Waals surface area contributed by atoms with Crippen molar-refractivity contribution >= 4 is 11.4 Å². The largest absolute Gasteiger partial charge is 0.490 e. The molecule has 1 aromatic heterocycles. The Kier molecular flexibility index (Phi) is 4.45. The molecule has 2 aromatic rings. The molecule has 3 N–H and O–H groups in total. The summed E-state index contributed by atoms with van der Waals surface area (Å²) in [6.45, 7) is 4.68. The zero-order valence-electron chi connectivity index (χ0n) is 11.6. The third kappa shape index (κ3) is 3.40. The average Bonchev–Trinajstić information content (AvgIpc) is 2.82. The van der Waals surface area contributed by atoms with Gasteiger partial charge in [0.15, 0.2) is 17.3 Å². The highest BCUT2D eigenvalue weighted by molar-refractivity contribution is 5.68. The van der Waals surface area contributed by atoms with Gasteiger partial charge in [0.25, 0.3) is 0 Å². The van der Waals surface area contributed by atoms with Crippen molar-refractivity contribution in [1.82, 2.24) is 5.16 Å². The van der Waals surface area contributed by atoms with Crippen LogP contribution in [0.4, 0.5) is 15.8 Å². The second kappa shape index (κ2) is 6.27. The van der Waals surface area contributed by atoms with Gasteiger partial charge in [0.1, 0.15) is 0 Å². The summed E-state index contributed by atoms with van der Waals surface area (Å²) in [5.74, 6) is 0.413. The summed E-state index contributed by atoms with van der Waals surface area (Å²) in [4.78, 5) is 0. The van der Waals surface area contributed by atoms with Gasteiger partial charge in [0, 0.05) is 18.2 Å². The maximum absolute atomic E-state index is 13.7. The van der Waals surface area contributed by atoms with Crippen molar-refractivity contribution in [2.75, 3.05) is 17.7 Å². The summed E-state index contributed by atoms with van der Waals surface area (Å²) in [6.07, 6.45) is 0.809. The summed E-state index contributed by atoms with van der Waals surface area (Å²) >= 11 is 0. The molecule has 1 heterocycles. The minimum Gasteiger partial charge on any atom is -0.490 e. The zero-order chi connectivity index (χ0) is 14.5. The first-order valence-corrected chi connectivity index (χ1v) is 6.48. The number of anilines is 2. The third-order valence-corrected chi connectivity index (χ3v) is 2.70. The lowest BCUT2D eigenvalue weighted by molar-refractivity contribution is 0.301. The van der Waals surface area contributed by atoms with Crippen molar-refractivity contribution in [3.63, 3.8) is 0 Å². The van der Waals surface area contributed by atoms with Gasteiger partial charge in [0.2, 0.25) is 0 Å². The highest BCUT2D eigenvalue weighted by Gasteiger charge is 2.10. The normalized spacial score (nSPS) is 10.6. The number of nitrogen functional groups attached to an aromatic ring is 1. The maximum Gasteiger partial charge on any atom is 0.167 e. The van der Waals surface area contributed by atoms with Crippen LogP contribution in [0.25, 0.3) is 0 Å². The molecule has 0 unspecified atom stereocenters. The highest BCUT2D eigenvalue weighted by atomic mass is 19.1. The molecule has 108 valence electrons. The molecule has 0 atom stereocenters. The van der Waals surface area contributed by atoms with Crippen LogP contribution in [0.5, 0.6) is 5.75 Å². The van der Waals surface area contributed by atoms with Gasteiger partial charge in [0.05, 0.1) is 30.2 Å². The monoisotopic (exact) mass is 279 g/mol. The smallest absolute Gasteiger partial charge is 0.167 e. The lowest BCUT2D eigenvalue weighted by Gasteiger charge is -2.12. The Bertz CT molecular complexity index is 584. The summed E-state index contributed by atoms with van der Waals surface area (Å²) in [5, 5.41) is 6.87. The van der Waals surface area contributed by atoms with E-state index in [1.165, 1.54) is 6.07 Å². The van der Waals surface area contributed by atoms with Crippen molar-refractivity contribution in [3.8, 4) is 5.75 Å². The van der Waals surface area contributed by atoms with Gasteiger partial charge in [-0.05, 0) is 13.3 Å². The number of benzene rings is 1. The van der Waals surface area contributed by atoms with Crippen molar-refractivity contribution in [2.45, 2.75) is 26.8 Å². The fraction of sp³-hybridized carbons (Fsp3) is 0.357. The molecule has 0 saturated carbocycles. The van der Waals surface area contributed by atoms with Gasteiger partial charge >= 0.3 is 0 Å². The molecule has 0 radical (unpaired) electrons. The lowest BCUT2D eigenvalue weighted by Crippen LogP contribution is -2.04. The second-order valence-corrected chi connectivity index (χ2v) is 4.51. The first-order chi connectivity index (χ1) is 9.60. The van der Waals surface area contributed by atoms with Crippen LogP contribution in [0.3, 0.4) is 0 Å². The van der Waals surface area contributed by atoms with E-state index in [9.17, 15) is 4.39 Å². The Hall–Kier alpha value is -2.24.